The Kier molecular flexibility index (Phi) is 8.12. The second-order valence-electron chi connectivity index (χ2n) is 8.64. The van der Waals surface area contributed by atoms with Crippen LogP contribution in [0, 0.1) is 0 Å². The molecule has 0 saturated heterocycles. The summed E-state index contributed by atoms with van der Waals surface area (Å²) in [4.78, 5) is 12.7. The van der Waals surface area contributed by atoms with Crippen LogP contribution in [0.4, 0.5) is 5.69 Å². The van der Waals surface area contributed by atoms with Crippen LogP contribution in [0.5, 0.6) is 5.75 Å². The van der Waals surface area contributed by atoms with Gasteiger partial charge in [0.2, 0.25) is 15.9 Å². The number of amides is 1. The molecule has 0 radical (unpaired) electrons. The van der Waals surface area contributed by atoms with Gasteiger partial charge in [-0.2, -0.15) is 0 Å². The highest BCUT2D eigenvalue weighted by Crippen LogP contribution is 2.30. The van der Waals surface area contributed by atoms with Crippen LogP contribution in [0.2, 0.25) is 0 Å². The Bertz CT molecular complexity index is 979. The molecule has 0 spiro atoms. The van der Waals surface area contributed by atoms with E-state index in [2.05, 4.69) is 26.1 Å². The van der Waals surface area contributed by atoms with E-state index in [9.17, 15) is 13.2 Å². The maximum absolute atomic E-state index is 12.7. The Balaban J connectivity index is 2.02. The van der Waals surface area contributed by atoms with Gasteiger partial charge >= 0.3 is 0 Å². The molecule has 7 heteroatoms. The minimum Gasteiger partial charge on any atom is -0.491 e. The van der Waals surface area contributed by atoms with Crippen molar-refractivity contribution in [3.8, 4) is 5.75 Å². The van der Waals surface area contributed by atoms with Crippen molar-refractivity contribution in [2.75, 3.05) is 23.7 Å². The average Bonchev–Trinajstić information content (AvgIpc) is 2.70. The van der Waals surface area contributed by atoms with Gasteiger partial charge < -0.3 is 10.1 Å². The number of para-hydroxylation sites is 1. The van der Waals surface area contributed by atoms with Crippen LogP contribution in [-0.4, -0.2) is 39.8 Å². The van der Waals surface area contributed by atoms with E-state index in [0.717, 1.165) is 33.9 Å². The van der Waals surface area contributed by atoms with Gasteiger partial charge in [-0.25, -0.2) is 8.42 Å². The lowest BCUT2D eigenvalue weighted by Gasteiger charge is -2.28. The summed E-state index contributed by atoms with van der Waals surface area (Å²) in [6.07, 6.45) is 1.96. The average molecular weight is 447 g/mol. The summed E-state index contributed by atoms with van der Waals surface area (Å²) in [6.45, 7) is 10.5. The van der Waals surface area contributed by atoms with E-state index in [1.54, 1.807) is 19.1 Å². The predicted octanol–water partition coefficient (Wildman–Crippen LogP) is 3.90. The second kappa shape index (κ2) is 10.2. The molecular formula is C24H34N2O4S. The number of hydrogen-bond donors (Lipinski definition) is 1. The van der Waals surface area contributed by atoms with Crippen molar-refractivity contribution in [2.24, 2.45) is 0 Å². The van der Waals surface area contributed by atoms with E-state index >= 15 is 0 Å². The van der Waals surface area contributed by atoms with Gasteiger partial charge in [0.25, 0.3) is 0 Å². The van der Waals surface area contributed by atoms with E-state index in [1.165, 1.54) is 0 Å². The van der Waals surface area contributed by atoms with Gasteiger partial charge in [-0.1, -0.05) is 58.0 Å². The zero-order valence-electron chi connectivity index (χ0n) is 19.3. The van der Waals surface area contributed by atoms with Gasteiger partial charge in [0, 0.05) is 0 Å². The minimum absolute atomic E-state index is 0.0579. The predicted molar refractivity (Wildman–Crippen MR) is 126 cm³/mol. The van der Waals surface area contributed by atoms with Gasteiger partial charge in [0.15, 0.2) is 0 Å². The summed E-state index contributed by atoms with van der Waals surface area (Å²) < 4.78 is 31.8. The standard InChI is InChI=1S/C24H34N2O4S/c1-7-19-12-14-20(15-13-19)26(31(6,28)29)18(2)23(27)25-16-17-30-22-11-9-8-10-21(22)24(3,4)5/h8-15,18H,7,16-17H2,1-6H3,(H,25,27). The molecule has 1 N–H and O–H groups in total. The first-order chi connectivity index (χ1) is 14.4. The van der Waals surface area contributed by atoms with Crippen molar-refractivity contribution in [1.82, 2.24) is 5.32 Å². The molecule has 0 heterocycles. The summed E-state index contributed by atoms with van der Waals surface area (Å²) >= 11 is 0. The summed E-state index contributed by atoms with van der Waals surface area (Å²) in [5.41, 5.74) is 2.60. The van der Waals surface area contributed by atoms with Crippen molar-refractivity contribution in [3.05, 3.63) is 59.7 Å². The smallest absolute Gasteiger partial charge is 0.243 e. The fraction of sp³-hybridized carbons (Fsp3) is 0.458. The normalized spacial score (nSPS) is 12.8. The quantitative estimate of drug-likeness (QED) is 0.593. The Hall–Kier alpha value is -2.54. The van der Waals surface area contributed by atoms with Crippen LogP contribution in [-0.2, 0) is 26.7 Å². The Morgan fingerprint density at radius 1 is 1.10 bits per heavy atom. The number of carbonyl (C=O) groups is 1. The minimum atomic E-state index is -3.64. The molecule has 6 nitrogen and oxygen atoms in total. The lowest BCUT2D eigenvalue weighted by Crippen LogP contribution is -2.48. The van der Waals surface area contributed by atoms with Gasteiger partial charge in [0.05, 0.1) is 18.5 Å². The van der Waals surface area contributed by atoms with Crippen molar-refractivity contribution in [2.45, 2.75) is 52.5 Å². The number of ether oxygens (including phenoxy) is 1. The number of anilines is 1. The maximum Gasteiger partial charge on any atom is 0.243 e. The number of nitrogens with zero attached hydrogens (tertiary/aromatic N) is 1. The van der Waals surface area contributed by atoms with E-state index < -0.39 is 16.1 Å². The van der Waals surface area contributed by atoms with Gasteiger partial charge in [-0.15, -0.1) is 0 Å². The van der Waals surface area contributed by atoms with Crippen LogP contribution in [0.1, 0.15) is 45.7 Å². The molecule has 0 bridgehead atoms. The molecule has 1 amide bonds. The number of benzene rings is 2. The van der Waals surface area contributed by atoms with E-state index in [0.29, 0.717) is 5.69 Å². The molecule has 1 atom stereocenters. The summed E-state index contributed by atoms with van der Waals surface area (Å²) in [6, 6.07) is 14.2. The van der Waals surface area contributed by atoms with Crippen LogP contribution >= 0.6 is 0 Å². The molecule has 0 saturated carbocycles. The molecule has 2 aromatic carbocycles. The zero-order chi connectivity index (χ0) is 23.2. The Morgan fingerprint density at radius 3 is 2.26 bits per heavy atom. The first-order valence-electron chi connectivity index (χ1n) is 10.5. The first kappa shape index (κ1) is 24.7. The summed E-state index contributed by atoms with van der Waals surface area (Å²) in [5.74, 6) is 0.406. The van der Waals surface area contributed by atoms with Crippen molar-refractivity contribution in [1.29, 1.82) is 0 Å². The number of nitrogens with one attached hydrogen (secondary N) is 1. The number of hydrogen-bond acceptors (Lipinski definition) is 4. The number of rotatable bonds is 9. The summed E-state index contributed by atoms with van der Waals surface area (Å²) in [7, 11) is -3.64. The van der Waals surface area contributed by atoms with E-state index in [-0.39, 0.29) is 24.5 Å². The third-order valence-electron chi connectivity index (χ3n) is 5.04. The Morgan fingerprint density at radius 2 is 1.71 bits per heavy atom. The second-order valence-corrected chi connectivity index (χ2v) is 10.5. The molecule has 2 aromatic rings. The van der Waals surface area contributed by atoms with E-state index in [1.807, 2.05) is 43.3 Å². The molecule has 0 aliphatic carbocycles. The monoisotopic (exact) mass is 446 g/mol. The third-order valence-corrected chi connectivity index (χ3v) is 6.28. The van der Waals surface area contributed by atoms with Gasteiger partial charge in [0.1, 0.15) is 18.4 Å². The fourth-order valence-corrected chi connectivity index (χ4v) is 4.56. The molecule has 31 heavy (non-hydrogen) atoms. The summed E-state index contributed by atoms with van der Waals surface area (Å²) in [5, 5.41) is 2.79. The molecular weight excluding hydrogens is 412 g/mol. The van der Waals surface area contributed by atoms with Crippen LogP contribution in [0.25, 0.3) is 0 Å². The molecule has 0 aromatic heterocycles. The Labute approximate surface area is 186 Å². The van der Waals surface area contributed by atoms with Crippen molar-refractivity contribution >= 4 is 21.6 Å². The lowest BCUT2D eigenvalue weighted by atomic mass is 9.86. The maximum atomic E-state index is 12.7. The molecule has 0 aliphatic heterocycles. The van der Waals surface area contributed by atoms with Gasteiger partial charge in [-0.3, -0.25) is 9.10 Å². The zero-order valence-corrected chi connectivity index (χ0v) is 20.1. The molecule has 170 valence electrons. The third kappa shape index (κ3) is 6.72. The molecule has 1 unspecified atom stereocenters. The van der Waals surface area contributed by atoms with Gasteiger partial charge in [-0.05, 0) is 48.1 Å². The van der Waals surface area contributed by atoms with Crippen molar-refractivity contribution in [3.63, 3.8) is 0 Å². The number of sulfonamides is 1. The fourth-order valence-electron chi connectivity index (χ4n) is 3.38. The van der Waals surface area contributed by atoms with Crippen LogP contribution in [0.15, 0.2) is 48.5 Å². The van der Waals surface area contributed by atoms with Crippen LogP contribution in [0.3, 0.4) is 0 Å². The molecule has 0 aliphatic rings. The molecule has 0 fully saturated rings. The topological polar surface area (TPSA) is 75.7 Å². The lowest BCUT2D eigenvalue weighted by molar-refractivity contribution is -0.121. The first-order valence-corrected chi connectivity index (χ1v) is 12.4. The van der Waals surface area contributed by atoms with E-state index in [4.69, 9.17) is 4.74 Å². The number of aryl methyl sites for hydroxylation is 1. The molecule has 2 rings (SSSR count). The highest BCUT2D eigenvalue weighted by molar-refractivity contribution is 7.92. The highest BCUT2D eigenvalue weighted by Gasteiger charge is 2.29. The highest BCUT2D eigenvalue weighted by atomic mass is 32.2. The number of carbonyl (C=O) groups excluding carboxylic acids is 1. The van der Waals surface area contributed by atoms with Crippen LogP contribution < -0.4 is 14.4 Å². The largest absolute Gasteiger partial charge is 0.491 e. The van der Waals surface area contributed by atoms with Crippen molar-refractivity contribution < 1.29 is 17.9 Å². The SMILES string of the molecule is CCc1ccc(N(C(C)C(=O)NCCOc2ccccc2C(C)(C)C)S(C)(=O)=O)cc1.